The molecule has 0 bridgehead atoms. The fourth-order valence-electron chi connectivity index (χ4n) is 1.94. The van der Waals surface area contributed by atoms with E-state index in [2.05, 4.69) is 41.6 Å². The van der Waals surface area contributed by atoms with E-state index in [1.807, 2.05) is 12.1 Å². The van der Waals surface area contributed by atoms with E-state index < -0.39 is 0 Å². The van der Waals surface area contributed by atoms with Crippen molar-refractivity contribution in [3.8, 4) is 5.88 Å². The molecule has 3 heteroatoms. The predicted octanol–water partition coefficient (Wildman–Crippen LogP) is 4.18. The molecule has 0 fully saturated rings. The number of hydrogen-bond acceptors (Lipinski definition) is 3. The summed E-state index contributed by atoms with van der Waals surface area (Å²) in [4.78, 5) is 4.30. The van der Waals surface area contributed by atoms with Gasteiger partial charge in [-0.1, -0.05) is 29.8 Å². The van der Waals surface area contributed by atoms with Crippen LogP contribution in [-0.4, -0.2) is 4.98 Å². The van der Waals surface area contributed by atoms with Gasteiger partial charge in [-0.15, -0.1) is 11.3 Å². The van der Waals surface area contributed by atoms with Crippen LogP contribution >= 0.6 is 11.3 Å². The van der Waals surface area contributed by atoms with Crippen molar-refractivity contribution in [2.24, 2.45) is 0 Å². The smallest absolute Gasteiger partial charge is 0.222 e. The lowest BCUT2D eigenvalue weighted by Gasteiger charge is -2.06. The first-order chi connectivity index (χ1) is 8.83. The molecule has 2 aromatic heterocycles. The Bertz CT molecular complexity index is 675. The van der Waals surface area contributed by atoms with Gasteiger partial charge in [0.1, 0.15) is 6.61 Å². The Morgan fingerprint density at radius 3 is 3.06 bits per heavy atom. The third-order valence-electron chi connectivity index (χ3n) is 2.80. The molecule has 0 saturated carbocycles. The first-order valence-electron chi connectivity index (χ1n) is 5.83. The molecule has 3 aromatic rings. The van der Waals surface area contributed by atoms with Gasteiger partial charge in [0.2, 0.25) is 5.88 Å². The van der Waals surface area contributed by atoms with Gasteiger partial charge in [-0.3, -0.25) is 0 Å². The second-order valence-electron chi connectivity index (χ2n) is 4.23. The Morgan fingerprint density at radius 1 is 1.22 bits per heavy atom. The molecule has 0 aliphatic heterocycles. The Morgan fingerprint density at radius 2 is 2.17 bits per heavy atom. The molecule has 0 radical (unpaired) electrons. The Labute approximate surface area is 110 Å². The highest BCUT2D eigenvalue weighted by atomic mass is 32.1. The zero-order chi connectivity index (χ0) is 12.4. The highest BCUT2D eigenvalue weighted by Crippen LogP contribution is 2.27. The van der Waals surface area contributed by atoms with E-state index in [4.69, 9.17) is 4.74 Å². The molecule has 2 heterocycles. The van der Waals surface area contributed by atoms with Gasteiger partial charge in [-0.05, 0) is 30.0 Å². The van der Waals surface area contributed by atoms with Gasteiger partial charge >= 0.3 is 0 Å². The number of benzene rings is 1. The number of nitrogens with zero attached hydrogens (tertiary/aromatic N) is 1. The summed E-state index contributed by atoms with van der Waals surface area (Å²) in [6, 6.07) is 12.4. The summed E-state index contributed by atoms with van der Waals surface area (Å²) in [5.74, 6) is 0.718. The van der Waals surface area contributed by atoms with E-state index in [-0.39, 0.29) is 0 Å². The van der Waals surface area contributed by atoms with Gasteiger partial charge in [-0.25, -0.2) is 4.98 Å². The van der Waals surface area contributed by atoms with Crippen LogP contribution in [0.5, 0.6) is 5.88 Å². The minimum absolute atomic E-state index is 0.559. The molecule has 1 aromatic carbocycles. The molecule has 0 aliphatic rings. The Balaban J connectivity index is 1.83. The topological polar surface area (TPSA) is 22.1 Å². The van der Waals surface area contributed by atoms with E-state index in [1.165, 1.54) is 15.8 Å². The SMILES string of the molecule is Cc1cccc(COc2nccc3sccc23)c1. The molecule has 0 unspecified atom stereocenters. The van der Waals surface area contributed by atoms with Gasteiger partial charge in [0.25, 0.3) is 0 Å². The number of hydrogen-bond donors (Lipinski definition) is 0. The third-order valence-corrected chi connectivity index (χ3v) is 3.68. The van der Waals surface area contributed by atoms with Crippen molar-refractivity contribution in [1.82, 2.24) is 4.98 Å². The average Bonchev–Trinajstić information content (AvgIpc) is 2.85. The number of thiophene rings is 1. The molecule has 90 valence electrons. The lowest BCUT2D eigenvalue weighted by atomic mass is 10.1. The molecule has 0 N–H and O–H groups in total. The summed E-state index contributed by atoms with van der Waals surface area (Å²) in [5, 5.41) is 3.15. The van der Waals surface area contributed by atoms with E-state index >= 15 is 0 Å². The summed E-state index contributed by atoms with van der Waals surface area (Å²) < 4.78 is 7.03. The highest BCUT2D eigenvalue weighted by molar-refractivity contribution is 7.17. The molecular formula is C15H13NOS. The minimum Gasteiger partial charge on any atom is -0.472 e. The van der Waals surface area contributed by atoms with Crippen molar-refractivity contribution >= 4 is 21.4 Å². The number of aryl methyl sites for hydroxylation is 1. The van der Waals surface area contributed by atoms with Gasteiger partial charge < -0.3 is 4.74 Å². The molecule has 3 rings (SSSR count). The van der Waals surface area contributed by atoms with Gasteiger partial charge in [0.15, 0.2) is 0 Å². The monoisotopic (exact) mass is 255 g/mol. The first kappa shape index (κ1) is 11.2. The summed E-state index contributed by atoms with van der Waals surface area (Å²) in [6.07, 6.45) is 1.80. The fraction of sp³-hybridized carbons (Fsp3) is 0.133. The van der Waals surface area contributed by atoms with Crippen molar-refractivity contribution in [3.63, 3.8) is 0 Å². The number of pyridine rings is 1. The lowest BCUT2D eigenvalue weighted by molar-refractivity contribution is 0.298. The van der Waals surface area contributed by atoms with Crippen LogP contribution < -0.4 is 4.74 Å². The predicted molar refractivity (Wildman–Crippen MR) is 75.1 cm³/mol. The first-order valence-corrected chi connectivity index (χ1v) is 6.71. The molecule has 2 nitrogen and oxygen atoms in total. The van der Waals surface area contributed by atoms with Crippen LogP contribution in [0.15, 0.2) is 48.0 Å². The summed E-state index contributed by atoms with van der Waals surface area (Å²) >= 11 is 1.71. The normalized spacial score (nSPS) is 10.7. The second kappa shape index (κ2) is 4.78. The largest absolute Gasteiger partial charge is 0.472 e. The van der Waals surface area contributed by atoms with Crippen molar-refractivity contribution in [3.05, 3.63) is 59.1 Å². The molecular weight excluding hydrogens is 242 g/mol. The summed E-state index contributed by atoms with van der Waals surface area (Å²) in [6.45, 7) is 2.64. The van der Waals surface area contributed by atoms with Crippen LogP contribution in [0.4, 0.5) is 0 Å². The number of ether oxygens (including phenoxy) is 1. The van der Waals surface area contributed by atoms with Crippen LogP contribution in [0.3, 0.4) is 0 Å². The van der Waals surface area contributed by atoms with Crippen LogP contribution in [0, 0.1) is 6.92 Å². The van der Waals surface area contributed by atoms with E-state index in [0.29, 0.717) is 6.61 Å². The van der Waals surface area contributed by atoms with E-state index in [9.17, 15) is 0 Å². The highest BCUT2D eigenvalue weighted by Gasteiger charge is 2.04. The molecule has 0 saturated heterocycles. The Kier molecular flexibility index (Phi) is 2.99. The van der Waals surface area contributed by atoms with Crippen molar-refractivity contribution in [2.75, 3.05) is 0 Å². The lowest BCUT2D eigenvalue weighted by Crippen LogP contribution is -1.97. The summed E-state index contributed by atoms with van der Waals surface area (Å²) in [5.41, 5.74) is 2.42. The average molecular weight is 255 g/mol. The van der Waals surface area contributed by atoms with E-state index in [1.54, 1.807) is 17.5 Å². The van der Waals surface area contributed by atoms with Gasteiger partial charge in [-0.2, -0.15) is 0 Å². The number of rotatable bonds is 3. The number of fused-ring (bicyclic) bond motifs is 1. The minimum atomic E-state index is 0.559. The van der Waals surface area contributed by atoms with Crippen LogP contribution in [0.25, 0.3) is 10.1 Å². The fourth-order valence-corrected chi connectivity index (χ4v) is 2.71. The number of aromatic nitrogens is 1. The molecule has 18 heavy (non-hydrogen) atoms. The molecule has 0 spiro atoms. The standard InChI is InChI=1S/C15H13NOS/c1-11-3-2-4-12(9-11)10-17-15-13-6-8-18-14(13)5-7-16-15/h2-9H,10H2,1H3. The zero-order valence-corrected chi connectivity index (χ0v) is 10.9. The maximum absolute atomic E-state index is 5.81. The molecule has 0 atom stereocenters. The van der Waals surface area contributed by atoms with Crippen LogP contribution in [0.2, 0.25) is 0 Å². The van der Waals surface area contributed by atoms with E-state index in [0.717, 1.165) is 11.3 Å². The Hall–Kier alpha value is -1.87. The third kappa shape index (κ3) is 2.22. The van der Waals surface area contributed by atoms with Crippen molar-refractivity contribution in [1.29, 1.82) is 0 Å². The molecule has 0 amide bonds. The maximum Gasteiger partial charge on any atom is 0.222 e. The molecule has 0 aliphatic carbocycles. The van der Waals surface area contributed by atoms with Gasteiger partial charge in [0, 0.05) is 10.9 Å². The summed E-state index contributed by atoms with van der Waals surface area (Å²) in [7, 11) is 0. The quantitative estimate of drug-likeness (QED) is 0.700. The zero-order valence-electron chi connectivity index (χ0n) is 10.1. The van der Waals surface area contributed by atoms with Gasteiger partial charge in [0.05, 0.1) is 5.39 Å². The van der Waals surface area contributed by atoms with Crippen LogP contribution in [0.1, 0.15) is 11.1 Å². The van der Waals surface area contributed by atoms with Crippen molar-refractivity contribution in [2.45, 2.75) is 13.5 Å². The van der Waals surface area contributed by atoms with Crippen LogP contribution in [-0.2, 0) is 6.61 Å². The van der Waals surface area contributed by atoms with Crippen molar-refractivity contribution < 1.29 is 4.74 Å². The second-order valence-corrected chi connectivity index (χ2v) is 5.17. The maximum atomic E-state index is 5.81.